The van der Waals surface area contributed by atoms with E-state index in [-0.39, 0.29) is 6.10 Å². The predicted molar refractivity (Wildman–Crippen MR) is 62.9 cm³/mol. The Morgan fingerprint density at radius 2 is 1.73 bits per heavy atom. The van der Waals surface area contributed by atoms with Crippen LogP contribution in [0.15, 0.2) is 0 Å². The van der Waals surface area contributed by atoms with Crippen LogP contribution in [0.5, 0.6) is 0 Å². The fourth-order valence-corrected chi connectivity index (χ4v) is 3.33. The third-order valence-electron chi connectivity index (χ3n) is 4.32. The molecule has 0 atom stereocenters. The van der Waals surface area contributed by atoms with Crippen LogP contribution >= 0.6 is 0 Å². The van der Waals surface area contributed by atoms with E-state index in [1.807, 2.05) is 0 Å². The number of nitrogens with zero attached hydrogens (tertiary/aromatic N) is 1. The average Bonchev–Trinajstić information content (AvgIpc) is 2.19. The molecule has 0 radical (unpaired) electrons. The van der Waals surface area contributed by atoms with E-state index in [2.05, 4.69) is 18.7 Å². The van der Waals surface area contributed by atoms with Crippen LogP contribution in [0.25, 0.3) is 0 Å². The first-order valence-electron chi connectivity index (χ1n) is 6.54. The largest absolute Gasteiger partial charge is 0.393 e. The molecule has 88 valence electrons. The molecule has 15 heavy (non-hydrogen) atoms. The molecule has 2 heteroatoms. The normalized spacial score (nSPS) is 37.8. The molecule has 0 unspecified atom stereocenters. The van der Waals surface area contributed by atoms with Crippen LogP contribution < -0.4 is 0 Å². The minimum Gasteiger partial charge on any atom is -0.393 e. The van der Waals surface area contributed by atoms with Crippen molar-refractivity contribution in [3.05, 3.63) is 0 Å². The van der Waals surface area contributed by atoms with Gasteiger partial charge in [0, 0.05) is 11.6 Å². The van der Waals surface area contributed by atoms with Gasteiger partial charge < -0.3 is 5.11 Å². The Hall–Kier alpha value is -0.0800. The van der Waals surface area contributed by atoms with Crippen molar-refractivity contribution < 1.29 is 5.11 Å². The maximum Gasteiger partial charge on any atom is 0.0541 e. The second-order valence-electron chi connectivity index (χ2n) is 5.93. The lowest BCUT2D eigenvalue weighted by Gasteiger charge is -2.48. The monoisotopic (exact) mass is 211 g/mol. The van der Waals surface area contributed by atoms with Crippen LogP contribution in [-0.4, -0.2) is 34.2 Å². The Balaban J connectivity index is 1.96. The standard InChI is InChI=1S/C13H25NO/c1-13(2)9-3-4-10-14(13)11-5-7-12(15)8-6-11/h11-12,15H,3-10H2,1-2H3. The summed E-state index contributed by atoms with van der Waals surface area (Å²) >= 11 is 0. The summed E-state index contributed by atoms with van der Waals surface area (Å²) in [4.78, 5) is 2.71. The highest BCUT2D eigenvalue weighted by Gasteiger charge is 2.35. The van der Waals surface area contributed by atoms with E-state index in [4.69, 9.17) is 0 Å². The maximum atomic E-state index is 9.54. The van der Waals surface area contributed by atoms with E-state index in [0.29, 0.717) is 5.54 Å². The SMILES string of the molecule is CC1(C)CCCCN1C1CCC(O)CC1. The van der Waals surface area contributed by atoms with Crippen molar-refractivity contribution in [2.24, 2.45) is 0 Å². The Bertz CT molecular complexity index is 207. The molecule has 1 N–H and O–H groups in total. The highest BCUT2D eigenvalue weighted by Crippen LogP contribution is 2.34. The molecular formula is C13H25NO. The molecule has 1 aliphatic heterocycles. The van der Waals surface area contributed by atoms with Crippen molar-refractivity contribution >= 4 is 0 Å². The van der Waals surface area contributed by atoms with Gasteiger partial charge in [0.05, 0.1) is 6.10 Å². The summed E-state index contributed by atoms with van der Waals surface area (Å²) in [5, 5.41) is 9.54. The van der Waals surface area contributed by atoms with Gasteiger partial charge in [0.25, 0.3) is 0 Å². The molecule has 0 aromatic rings. The Morgan fingerprint density at radius 3 is 2.33 bits per heavy atom. The zero-order valence-electron chi connectivity index (χ0n) is 10.2. The van der Waals surface area contributed by atoms with Crippen LogP contribution in [0.1, 0.15) is 58.8 Å². The van der Waals surface area contributed by atoms with Gasteiger partial charge in [0.2, 0.25) is 0 Å². The molecule has 0 spiro atoms. The van der Waals surface area contributed by atoms with Crippen molar-refractivity contribution in [2.45, 2.75) is 76.5 Å². The van der Waals surface area contributed by atoms with E-state index in [0.717, 1.165) is 18.9 Å². The van der Waals surface area contributed by atoms with Gasteiger partial charge in [-0.3, -0.25) is 4.90 Å². The summed E-state index contributed by atoms with van der Waals surface area (Å²) in [7, 11) is 0. The van der Waals surface area contributed by atoms with E-state index >= 15 is 0 Å². The average molecular weight is 211 g/mol. The lowest BCUT2D eigenvalue weighted by atomic mass is 9.84. The molecule has 0 bridgehead atoms. The highest BCUT2D eigenvalue weighted by atomic mass is 16.3. The molecule has 2 nitrogen and oxygen atoms in total. The Morgan fingerprint density at radius 1 is 1.07 bits per heavy atom. The van der Waals surface area contributed by atoms with Gasteiger partial charge in [-0.25, -0.2) is 0 Å². The number of aliphatic hydroxyl groups excluding tert-OH is 1. The number of hydrogen-bond donors (Lipinski definition) is 1. The van der Waals surface area contributed by atoms with Crippen LogP contribution in [0.2, 0.25) is 0 Å². The minimum absolute atomic E-state index is 0.0193. The second-order valence-corrected chi connectivity index (χ2v) is 5.93. The fourth-order valence-electron chi connectivity index (χ4n) is 3.33. The lowest BCUT2D eigenvalue weighted by molar-refractivity contribution is -0.00280. The van der Waals surface area contributed by atoms with Gasteiger partial charge in [0.15, 0.2) is 0 Å². The fraction of sp³-hybridized carbons (Fsp3) is 1.00. The van der Waals surface area contributed by atoms with E-state index < -0.39 is 0 Å². The van der Waals surface area contributed by atoms with Crippen LogP contribution in [0.3, 0.4) is 0 Å². The van der Waals surface area contributed by atoms with Crippen molar-refractivity contribution in [1.82, 2.24) is 4.90 Å². The molecule has 1 aliphatic carbocycles. The number of piperidine rings is 1. The molecule has 2 fully saturated rings. The first kappa shape index (κ1) is 11.4. The molecule has 1 heterocycles. The van der Waals surface area contributed by atoms with Gasteiger partial charge in [-0.15, -0.1) is 0 Å². The molecule has 0 aromatic heterocycles. The number of rotatable bonds is 1. The summed E-state index contributed by atoms with van der Waals surface area (Å²) in [6.45, 7) is 6.04. The highest BCUT2D eigenvalue weighted by molar-refractivity contribution is 4.91. The third kappa shape index (κ3) is 2.54. The van der Waals surface area contributed by atoms with Crippen LogP contribution in [-0.2, 0) is 0 Å². The van der Waals surface area contributed by atoms with Crippen molar-refractivity contribution in [3.8, 4) is 0 Å². The molecule has 1 saturated carbocycles. The summed E-state index contributed by atoms with van der Waals surface area (Å²) in [5.74, 6) is 0. The minimum atomic E-state index is -0.0193. The summed E-state index contributed by atoms with van der Waals surface area (Å²) in [6, 6.07) is 0.740. The van der Waals surface area contributed by atoms with E-state index in [9.17, 15) is 5.11 Å². The smallest absolute Gasteiger partial charge is 0.0541 e. The van der Waals surface area contributed by atoms with Crippen molar-refractivity contribution in [2.75, 3.05) is 6.54 Å². The van der Waals surface area contributed by atoms with E-state index in [1.165, 1.54) is 38.6 Å². The maximum absolute atomic E-state index is 9.54. The molecule has 1 saturated heterocycles. The van der Waals surface area contributed by atoms with Crippen LogP contribution in [0.4, 0.5) is 0 Å². The number of likely N-dealkylation sites (tertiary alicyclic amines) is 1. The topological polar surface area (TPSA) is 23.5 Å². The number of aliphatic hydroxyl groups is 1. The van der Waals surface area contributed by atoms with Gasteiger partial charge in [-0.2, -0.15) is 0 Å². The van der Waals surface area contributed by atoms with Gasteiger partial charge in [-0.1, -0.05) is 6.42 Å². The summed E-state index contributed by atoms with van der Waals surface area (Å²) in [5.41, 5.74) is 0.394. The lowest BCUT2D eigenvalue weighted by Crippen LogP contribution is -2.53. The van der Waals surface area contributed by atoms with Gasteiger partial charge in [-0.05, 0) is 58.9 Å². The van der Waals surface area contributed by atoms with Crippen molar-refractivity contribution in [1.29, 1.82) is 0 Å². The molecule has 2 aliphatic rings. The first-order chi connectivity index (χ1) is 7.09. The molecular weight excluding hydrogens is 186 g/mol. The van der Waals surface area contributed by atoms with Gasteiger partial charge >= 0.3 is 0 Å². The van der Waals surface area contributed by atoms with E-state index in [1.54, 1.807) is 0 Å². The summed E-state index contributed by atoms with van der Waals surface area (Å²) in [6.07, 6.45) is 8.49. The molecule has 2 rings (SSSR count). The first-order valence-corrected chi connectivity index (χ1v) is 6.54. The van der Waals surface area contributed by atoms with Crippen molar-refractivity contribution in [3.63, 3.8) is 0 Å². The number of hydrogen-bond acceptors (Lipinski definition) is 2. The quantitative estimate of drug-likeness (QED) is 0.720. The predicted octanol–water partition coefficient (Wildman–Crippen LogP) is 2.55. The Kier molecular flexibility index (Phi) is 3.36. The Labute approximate surface area is 93.7 Å². The van der Waals surface area contributed by atoms with Gasteiger partial charge in [0.1, 0.15) is 0 Å². The summed E-state index contributed by atoms with van der Waals surface area (Å²) < 4.78 is 0. The van der Waals surface area contributed by atoms with Crippen LogP contribution in [0, 0.1) is 0 Å². The molecule has 0 aromatic carbocycles. The third-order valence-corrected chi connectivity index (χ3v) is 4.32. The second kappa shape index (κ2) is 4.42. The zero-order chi connectivity index (χ0) is 10.9. The molecule has 0 amide bonds. The zero-order valence-corrected chi connectivity index (χ0v) is 10.2.